The molecule has 98 valence electrons. The maximum absolute atomic E-state index is 12.1. The largest absolute Gasteiger partial charge is 0.365 e. The Labute approximate surface area is 107 Å². The van der Waals surface area contributed by atoms with Crippen molar-refractivity contribution in [2.45, 2.75) is 29.9 Å². The summed E-state index contributed by atoms with van der Waals surface area (Å²) >= 11 is 0. The number of hydrogen-bond acceptors (Lipinski definition) is 4. The highest BCUT2D eigenvalue weighted by molar-refractivity contribution is 7.91. The monoisotopic (exact) mass is 267 g/mol. The van der Waals surface area contributed by atoms with Crippen LogP contribution in [0.25, 0.3) is 0 Å². The van der Waals surface area contributed by atoms with Crippen LogP contribution in [0.5, 0.6) is 0 Å². The molecule has 18 heavy (non-hydrogen) atoms. The fourth-order valence-electron chi connectivity index (χ4n) is 2.91. The normalized spacial score (nSPS) is 34.2. The van der Waals surface area contributed by atoms with Crippen LogP contribution in [-0.2, 0) is 20.2 Å². The van der Waals surface area contributed by atoms with Gasteiger partial charge in [0.1, 0.15) is 5.60 Å². The average molecular weight is 267 g/mol. The SMILES string of the molecule is CC1CNCC2(CCS(=O)(=O)c3ccccc32)O1. The summed E-state index contributed by atoms with van der Waals surface area (Å²) in [6.45, 7) is 3.51. The van der Waals surface area contributed by atoms with Gasteiger partial charge in [-0.25, -0.2) is 8.42 Å². The summed E-state index contributed by atoms with van der Waals surface area (Å²) in [6, 6.07) is 7.22. The predicted octanol–water partition coefficient (Wildman–Crippen LogP) is 1.07. The van der Waals surface area contributed by atoms with Crippen LogP contribution in [-0.4, -0.2) is 33.4 Å². The zero-order valence-electron chi connectivity index (χ0n) is 10.3. The summed E-state index contributed by atoms with van der Waals surface area (Å²) in [5.74, 6) is 0.165. The lowest BCUT2D eigenvalue weighted by Crippen LogP contribution is -2.53. The summed E-state index contributed by atoms with van der Waals surface area (Å²) in [6.07, 6.45) is 0.636. The summed E-state index contributed by atoms with van der Waals surface area (Å²) < 4.78 is 30.3. The lowest BCUT2D eigenvalue weighted by atomic mass is 9.88. The maximum atomic E-state index is 12.1. The predicted molar refractivity (Wildman–Crippen MR) is 68.2 cm³/mol. The van der Waals surface area contributed by atoms with Crippen molar-refractivity contribution in [3.8, 4) is 0 Å². The molecule has 0 radical (unpaired) electrons. The quantitative estimate of drug-likeness (QED) is 0.764. The Morgan fingerprint density at radius 3 is 2.94 bits per heavy atom. The summed E-state index contributed by atoms with van der Waals surface area (Å²) in [7, 11) is -3.14. The number of rotatable bonds is 0. The molecule has 1 fully saturated rings. The number of hydrogen-bond donors (Lipinski definition) is 1. The zero-order valence-corrected chi connectivity index (χ0v) is 11.2. The third-order valence-electron chi connectivity index (χ3n) is 3.76. The Hall–Kier alpha value is -0.910. The molecular formula is C13H17NO3S. The molecule has 2 atom stereocenters. The highest BCUT2D eigenvalue weighted by Crippen LogP contribution is 2.41. The molecule has 2 unspecified atom stereocenters. The fraction of sp³-hybridized carbons (Fsp3) is 0.538. The van der Waals surface area contributed by atoms with Crippen LogP contribution in [0.1, 0.15) is 18.9 Å². The van der Waals surface area contributed by atoms with Crippen molar-refractivity contribution >= 4 is 9.84 Å². The van der Waals surface area contributed by atoms with Crippen LogP contribution in [0.15, 0.2) is 29.2 Å². The van der Waals surface area contributed by atoms with E-state index >= 15 is 0 Å². The van der Waals surface area contributed by atoms with E-state index in [0.29, 0.717) is 17.9 Å². The minimum Gasteiger partial charge on any atom is -0.365 e. The molecule has 1 aromatic rings. The Bertz CT molecular complexity index is 569. The van der Waals surface area contributed by atoms with Crippen molar-refractivity contribution < 1.29 is 13.2 Å². The standard InChI is InChI=1S/C13H17NO3S/c1-10-8-14-9-13(17-10)6-7-18(15,16)12-5-3-2-4-11(12)13/h2-5,10,14H,6-9H2,1H3. The molecule has 1 saturated heterocycles. The van der Waals surface area contributed by atoms with Crippen LogP contribution < -0.4 is 5.32 Å². The van der Waals surface area contributed by atoms with Gasteiger partial charge in [-0.2, -0.15) is 0 Å². The van der Waals surface area contributed by atoms with Crippen LogP contribution in [0.4, 0.5) is 0 Å². The lowest BCUT2D eigenvalue weighted by Gasteiger charge is -2.44. The van der Waals surface area contributed by atoms with E-state index < -0.39 is 15.4 Å². The third kappa shape index (κ3) is 1.77. The van der Waals surface area contributed by atoms with Crippen molar-refractivity contribution in [2.24, 2.45) is 0 Å². The van der Waals surface area contributed by atoms with E-state index in [1.54, 1.807) is 12.1 Å². The number of fused-ring (bicyclic) bond motifs is 2. The third-order valence-corrected chi connectivity index (χ3v) is 5.52. The van der Waals surface area contributed by atoms with Gasteiger partial charge in [-0.15, -0.1) is 0 Å². The molecule has 1 aromatic carbocycles. The first kappa shape index (κ1) is 12.1. The number of sulfone groups is 1. The average Bonchev–Trinajstić information content (AvgIpc) is 2.36. The molecule has 5 heteroatoms. The second-order valence-electron chi connectivity index (χ2n) is 5.12. The minimum atomic E-state index is -3.14. The topological polar surface area (TPSA) is 55.4 Å². The van der Waals surface area contributed by atoms with Gasteiger partial charge in [-0.3, -0.25) is 0 Å². The molecule has 2 heterocycles. The number of benzene rings is 1. The Morgan fingerprint density at radius 1 is 1.39 bits per heavy atom. The molecule has 1 N–H and O–H groups in total. The minimum absolute atomic E-state index is 0.104. The van der Waals surface area contributed by atoms with E-state index in [-0.39, 0.29) is 11.9 Å². The second kappa shape index (κ2) is 4.05. The molecule has 0 amide bonds. The van der Waals surface area contributed by atoms with Gasteiger partial charge in [0.2, 0.25) is 0 Å². The molecule has 0 aromatic heterocycles. The van der Waals surface area contributed by atoms with Crippen molar-refractivity contribution in [1.82, 2.24) is 5.32 Å². The summed E-state index contributed by atoms with van der Waals surface area (Å²) in [4.78, 5) is 0.437. The van der Waals surface area contributed by atoms with Crippen LogP contribution >= 0.6 is 0 Å². The van der Waals surface area contributed by atoms with Gasteiger partial charge in [-0.1, -0.05) is 18.2 Å². The van der Waals surface area contributed by atoms with Crippen LogP contribution in [0, 0.1) is 0 Å². The highest BCUT2D eigenvalue weighted by atomic mass is 32.2. The van der Waals surface area contributed by atoms with Crippen LogP contribution in [0.3, 0.4) is 0 Å². The lowest BCUT2D eigenvalue weighted by molar-refractivity contribution is -0.119. The van der Waals surface area contributed by atoms with Crippen molar-refractivity contribution in [3.63, 3.8) is 0 Å². The fourth-order valence-corrected chi connectivity index (χ4v) is 4.60. The first-order valence-corrected chi connectivity index (χ1v) is 7.90. The highest BCUT2D eigenvalue weighted by Gasteiger charge is 2.45. The van der Waals surface area contributed by atoms with Gasteiger partial charge in [-0.05, 0) is 19.4 Å². The van der Waals surface area contributed by atoms with E-state index in [0.717, 1.165) is 12.1 Å². The molecule has 4 nitrogen and oxygen atoms in total. The van der Waals surface area contributed by atoms with Crippen molar-refractivity contribution in [1.29, 1.82) is 0 Å². The van der Waals surface area contributed by atoms with E-state index in [9.17, 15) is 8.42 Å². The summed E-state index contributed by atoms with van der Waals surface area (Å²) in [5, 5.41) is 3.34. The molecule has 2 aliphatic rings. The number of morpholine rings is 1. The van der Waals surface area contributed by atoms with Gasteiger partial charge in [0, 0.05) is 18.7 Å². The van der Waals surface area contributed by atoms with E-state index in [4.69, 9.17) is 4.74 Å². The zero-order chi connectivity index (χ0) is 12.8. The molecular weight excluding hydrogens is 250 g/mol. The van der Waals surface area contributed by atoms with Gasteiger partial charge >= 0.3 is 0 Å². The molecule has 0 saturated carbocycles. The van der Waals surface area contributed by atoms with E-state index in [2.05, 4.69) is 5.32 Å². The maximum Gasteiger partial charge on any atom is 0.178 e. The van der Waals surface area contributed by atoms with E-state index in [1.807, 2.05) is 19.1 Å². The number of nitrogens with one attached hydrogen (secondary N) is 1. The first-order valence-electron chi connectivity index (χ1n) is 6.24. The van der Waals surface area contributed by atoms with Gasteiger partial charge in [0.15, 0.2) is 9.84 Å². The van der Waals surface area contributed by atoms with Gasteiger partial charge in [0.05, 0.1) is 16.8 Å². The number of ether oxygens (including phenoxy) is 1. The van der Waals surface area contributed by atoms with Gasteiger partial charge < -0.3 is 10.1 Å². The molecule has 1 spiro atoms. The molecule has 0 aliphatic carbocycles. The first-order chi connectivity index (χ1) is 8.54. The smallest absolute Gasteiger partial charge is 0.178 e. The van der Waals surface area contributed by atoms with E-state index in [1.165, 1.54) is 0 Å². The van der Waals surface area contributed by atoms with Gasteiger partial charge in [0.25, 0.3) is 0 Å². The molecule has 2 aliphatic heterocycles. The summed E-state index contributed by atoms with van der Waals surface area (Å²) in [5.41, 5.74) is 0.342. The van der Waals surface area contributed by atoms with Crippen LogP contribution in [0.2, 0.25) is 0 Å². The van der Waals surface area contributed by atoms with Crippen molar-refractivity contribution in [2.75, 3.05) is 18.8 Å². The Balaban J connectivity index is 2.15. The second-order valence-corrected chi connectivity index (χ2v) is 7.20. The van der Waals surface area contributed by atoms with Crippen molar-refractivity contribution in [3.05, 3.63) is 29.8 Å². The Morgan fingerprint density at radius 2 is 2.17 bits per heavy atom. The molecule has 3 rings (SSSR count). The molecule has 0 bridgehead atoms. The Kier molecular flexibility index (Phi) is 2.73.